The Labute approximate surface area is 135 Å². The standard InChI is InChI=1S/C19H19FN2O/c20-16-4-1-13(2-5-16)12-22(17-6-7-17)19(23)15-3-8-18-14(11-15)9-10-21-18/h1-5,8,11,17,21H,6-7,9-10,12H2. The van der Waals surface area contributed by atoms with E-state index in [-0.39, 0.29) is 11.7 Å². The first kappa shape index (κ1) is 14.2. The third-order valence-corrected chi connectivity index (χ3v) is 4.58. The van der Waals surface area contributed by atoms with Gasteiger partial charge in [0.2, 0.25) is 0 Å². The Morgan fingerprint density at radius 3 is 2.70 bits per heavy atom. The summed E-state index contributed by atoms with van der Waals surface area (Å²) in [5, 5.41) is 3.32. The zero-order chi connectivity index (χ0) is 15.8. The molecule has 0 unspecified atom stereocenters. The average molecular weight is 310 g/mol. The normalized spacial score (nSPS) is 15.9. The second-order valence-corrected chi connectivity index (χ2v) is 6.34. The molecule has 0 radical (unpaired) electrons. The number of carbonyl (C=O) groups excluding carboxylic acids is 1. The molecule has 0 bridgehead atoms. The van der Waals surface area contributed by atoms with Gasteiger partial charge in [0.25, 0.3) is 5.91 Å². The molecule has 2 aliphatic rings. The second-order valence-electron chi connectivity index (χ2n) is 6.34. The van der Waals surface area contributed by atoms with E-state index in [4.69, 9.17) is 0 Å². The number of hydrogen-bond donors (Lipinski definition) is 1. The van der Waals surface area contributed by atoms with Crippen LogP contribution in [0.15, 0.2) is 42.5 Å². The van der Waals surface area contributed by atoms with Crippen LogP contribution in [0, 0.1) is 5.82 Å². The van der Waals surface area contributed by atoms with E-state index >= 15 is 0 Å². The summed E-state index contributed by atoms with van der Waals surface area (Å²) < 4.78 is 13.1. The average Bonchev–Trinajstić information content (AvgIpc) is 3.30. The Kier molecular flexibility index (Phi) is 3.52. The molecule has 118 valence electrons. The zero-order valence-corrected chi connectivity index (χ0v) is 12.9. The van der Waals surface area contributed by atoms with E-state index < -0.39 is 0 Å². The third-order valence-electron chi connectivity index (χ3n) is 4.58. The Hall–Kier alpha value is -2.36. The molecule has 1 heterocycles. The number of hydrogen-bond acceptors (Lipinski definition) is 2. The highest BCUT2D eigenvalue weighted by Gasteiger charge is 2.33. The summed E-state index contributed by atoms with van der Waals surface area (Å²) in [6.07, 6.45) is 3.08. The molecule has 1 amide bonds. The number of anilines is 1. The second kappa shape index (κ2) is 5.69. The van der Waals surface area contributed by atoms with Gasteiger partial charge < -0.3 is 10.2 Å². The minimum Gasteiger partial charge on any atom is -0.384 e. The van der Waals surface area contributed by atoms with Crippen LogP contribution in [0.25, 0.3) is 0 Å². The van der Waals surface area contributed by atoms with E-state index in [1.54, 1.807) is 12.1 Å². The van der Waals surface area contributed by atoms with Crippen LogP contribution in [0.5, 0.6) is 0 Å². The molecule has 1 saturated carbocycles. The van der Waals surface area contributed by atoms with Gasteiger partial charge in [0.1, 0.15) is 5.82 Å². The van der Waals surface area contributed by atoms with Gasteiger partial charge in [0.05, 0.1) is 0 Å². The summed E-state index contributed by atoms with van der Waals surface area (Å²) >= 11 is 0. The number of halogens is 1. The molecule has 4 heteroatoms. The van der Waals surface area contributed by atoms with Crippen molar-refractivity contribution in [1.29, 1.82) is 0 Å². The highest BCUT2D eigenvalue weighted by atomic mass is 19.1. The summed E-state index contributed by atoms with van der Waals surface area (Å²) in [4.78, 5) is 14.9. The van der Waals surface area contributed by atoms with Gasteiger partial charge in [-0.3, -0.25) is 4.79 Å². The van der Waals surface area contributed by atoms with E-state index in [1.807, 2.05) is 23.1 Å². The first-order valence-electron chi connectivity index (χ1n) is 8.13. The SMILES string of the molecule is O=C(c1ccc2c(c1)CCN2)N(Cc1ccc(F)cc1)C1CC1. The Morgan fingerprint density at radius 1 is 1.17 bits per heavy atom. The van der Waals surface area contributed by atoms with Crippen molar-refractivity contribution in [2.75, 3.05) is 11.9 Å². The molecule has 0 saturated heterocycles. The van der Waals surface area contributed by atoms with Crippen LogP contribution in [-0.2, 0) is 13.0 Å². The van der Waals surface area contributed by atoms with E-state index in [1.165, 1.54) is 17.7 Å². The lowest BCUT2D eigenvalue weighted by Crippen LogP contribution is -2.32. The fraction of sp³-hybridized carbons (Fsp3) is 0.316. The van der Waals surface area contributed by atoms with Gasteiger partial charge in [-0.15, -0.1) is 0 Å². The van der Waals surface area contributed by atoms with Gasteiger partial charge in [0.15, 0.2) is 0 Å². The smallest absolute Gasteiger partial charge is 0.254 e. The number of nitrogens with zero attached hydrogens (tertiary/aromatic N) is 1. The van der Waals surface area contributed by atoms with Crippen LogP contribution >= 0.6 is 0 Å². The minimum atomic E-state index is -0.246. The van der Waals surface area contributed by atoms with Crippen LogP contribution in [0.4, 0.5) is 10.1 Å². The highest BCUT2D eigenvalue weighted by molar-refractivity contribution is 5.95. The van der Waals surface area contributed by atoms with Gasteiger partial charge in [-0.25, -0.2) is 4.39 Å². The Bertz CT molecular complexity index is 738. The fourth-order valence-electron chi connectivity index (χ4n) is 3.14. The first-order chi connectivity index (χ1) is 11.2. The van der Waals surface area contributed by atoms with Gasteiger partial charge >= 0.3 is 0 Å². The monoisotopic (exact) mass is 310 g/mol. The summed E-state index contributed by atoms with van der Waals surface area (Å²) in [5.74, 6) is -0.171. The van der Waals surface area contributed by atoms with Gasteiger partial charge in [-0.2, -0.15) is 0 Å². The lowest BCUT2D eigenvalue weighted by Gasteiger charge is -2.23. The Balaban J connectivity index is 1.57. The zero-order valence-electron chi connectivity index (χ0n) is 12.9. The fourth-order valence-corrected chi connectivity index (χ4v) is 3.14. The van der Waals surface area contributed by atoms with E-state index in [9.17, 15) is 9.18 Å². The quantitative estimate of drug-likeness (QED) is 0.936. The van der Waals surface area contributed by atoms with Crippen molar-refractivity contribution in [3.8, 4) is 0 Å². The summed E-state index contributed by atoms with van der Waals surface area (Å²) in [5.41, 5.74) is 4.07. The molecule has 0 aromatic heterocycles. The van der Waals surface area contributed by atoms with E-state index in [2.05, 4.69) is 5.32 Å². The van der Waals surface area contributed by atoms with Crippen molar-refractivity contribution < 1.29 is 9.18 Å². The van der Waals surface area contributed by atoms with Crippen LogP contribution in [-0.4, -0.2) is 23.4 Å². The van der Waals surface area contributed by atoms with Crippen LogP contribution in [0.3, 0.4) is 0 Å². The van der Waals surface area contributed by atoms with Gasteiger partial charge in [-0.1, -0.05) is 12.1 Å². The molecule has 2 aromatic carbocycles. The predicted molar refractivity (Wildman–Crippen MR) is 87.9 cm³/mol. The molecule has 0 spiro atoms. The molecular weight excluding hydrogens is 291 g/mol. The van der Waals surface area contributed by atoms with E-state index in [0.29, 0.717) is 12.6 Å². The lowest BCUT2D eigenvalue weighted by molar-refractivity contribution is 0.0730. The largest absolute Gasteiger partial charge is 0.384 e. The van der Waals surface area contributed by atoms with Gasteiger partial charge in [-0.05, 0) is 60.7 Å². The molecule has 23 heavy (non-hydrogen) atoms. The lowest BCUT2D eigenvalue weighted by atomic mass is 10.1. The molecule has 0 atom stereocenters. The molecule has 3 nitrogen and oxygen atoms in total. The van der Waals surface area contributed by atoms with Crippen molar-refractivity contribution in [1.82, 2.24) is 4.90 Å². The maximum Gasteiger partial charge on any atom is 0.254 e. The van der Waals surface area contributed by atoms with Crippen LogP contribution in [0.2, 0.25) is 0 Å². The van der Waals surface area contributed by atoms with E-state index in [0.717, 1.165) is 42.6 Å². The van der Waals surface area contributed by atoms with Crippen LogP contribution < -0.4 is 5.32 Å². The maximum absolute atomic E-state index is 13.1. The number of amides is 1. The molecule has 1 N–H and O–H groups in total. The highest BCUT2D eigenvalue weighted by Crippen LogP contribution is 2.31. The van der Waals surface area contributed by atoms with Crippen molar-refractivity contribution in [2.24, 2.45) is 0 Å². The molecule has 1 aliphatic heterocycles. The maximum atomic E-state index is 13.1. The molecule has 1 fully saturated rings. The van der Waals surface area contributed by atoms with Gasteiger partial charge in [0, 0.05) is 30.4 Å². The van der Waals surface area contributed by atoms with Crippen molar-refractivity contribution in [2.45, 2.75) is 31.8 Å². The third kappa shape index (κ3) is 2.93. The summed E-state index contributed by atoms with van der Waals surface area (Å²) in [6, 6.07) is 12.6. The number of carbonyl (C=O) groups is 1. The Morgan fingerprint density at radius 2 is 1.96 bits per heavy atom. The number of benzene rings is 2. The first-order valence-corrected chi connectivity index (χ1v) is 8.13. The predicted octanol–water partition coefficient (Wildman–Crippen LogP) is 3.60. The minimum absolute atomic E-state index is 0.0755. The van der Waals surface area contributed by atoms with Crippen molar-refractivity contribution >= 4 is 11.6 Å². The summed E-state index contributed by atoms with van der Waals surface area (Å²) in [7, 11) is 0. The molecule has 4 rings (SSSR count). The number of rotatable bonds is 4. The van der Waals surface area contributed by atoms with Crippen molar-refractivity contribution in [3.05, 3.63) is 65.0 Å². The van der Waals surface area contributed by atoms with Crippen molar-refractivity contribution in [3.63, 3.8) is 0 Å². The summed E-state index contributed by atoms with van der Waals surface area (Å²) in [6.45, 7) is 1.48. The molecule has 2 aromatic rings. The number of nitrogens with one attached hydrogen (secondary N) is 1. The molecular formula is C19H19FN2O. The molecule has 1 aliphatic carbocycles. The topological polar surface area (TPSA) is 32.3 Å². The van der Waals surface area contributed by atoms with Crippen LogP contribution in [0.1, 0.15) is 34.3 Å². The number of fused-ring (bicyclic) bond motifs is 1.